The fourth-order valence-electron chi connectivity index (χ4n) is 2.33. The SMILES string of the molecule is Cc1cc(C)c(C(=O)C(C)C2CNC2)c(F)c1. The Morgan fingerprint density at radius 2 is 2.06 bits per heavy atom. The second kappa shape index (κ2) is 4.57. The molecule has 1 aliphatic rings. The number of benzene rings is 1. The summed E-state index contributed by atoms with van der Waals surface area (Å²) in [5.41, 5.74) is 1.87. The standard InChI is InChI=1S/C14H18FNO/c1-8-4-9(2)13(12(15)5-8)14(17)10(3)11-6-16-7-11/h4-5,10-11,16H,6-7H2,1-3H3. The highest BCUT2D eigenvalue weighted by molar-refractivity contribution is 5.99. The number of nitrogens with one attached hydrogen (secondary N) is 1. The van der Waals surface area contributed by atoms with Gasteiger partial charge in [-0.2, -0.15) is 0 Å². The number of hydrogen-bond donors (Lipinski definition) is 1. The van der Waals surface area contributed by atoms with Crippen LogP contribution in [-0.4, -0.2) is 18.9 Å². The molecule has 1 N–H and O–H groups in total. The summed E-state index contributed by atoms with van der Waals surface area (Å²) in [6, 6.07) is 3.30. The van der Waals surface area contributed by atoms with Crippen LogP contribution in [0.1, 0.15) is 28.4 Å². The molecule has 0 aliphatic carbocycles. The average Bonchev–Trinajstić information content (AvgIpc) is 2.12. The van der Waals surface area contributed by atoms with Crippen molar-refractivity contribution in [2.24, 2.45) is 11.8 Å². The van der Waals surface area contributed by atoms with Crippen molar-refractivity contribution in [1.29, 1.82) is 0 Å². The van der Waals surface area contributed by atoms with Crippen LogP contribution in [0.15, 0.2) is 12.1 Å². The molecule has 1 atom stereocenters. The van der Waals surface area contributed by atoms with E-state index in [0.717, 1.165) is 24.2 Å². The zero-order valence-corrected chi connectivity index (χ0v) is 10.5. The smallest absolute Gasteiger partial charge is 0.169 e. The Hall–Kier alpha value is -1.22. The van der Waals surface area contributed by atoms with Crippen LogP contribution in [0.25, 0.3) is 0 Å². The molecular weight excluding hydrogens is 217 g/mol. The monoisotopic (exact) mass is 235 g/mol. The van der Waals surface area contributed by atoms with E-state index in [1.165, 1.54) is 6.07 Å². The van der Waals surface area contributed by atoms with Gasteiger partial charge in [0, 0.05) is 5.92 Å². The molecule has 0 amide bonds. The molecule has 2 rings (SSSR count). The molecule has 1 aromatic rings. The maximum absolute atomic E-state index is 13.9. The van der Waals surface area contributed by atoms with Crippen LogP contribution in [0.3, 0.4) is 0 Å². The van der Waals surface area contributed by atoms with Crippen molar-refractivity contribution in [1.82, 2.24) is 5.32 Å². The molecular formula is C14H18FNO. The maximum atomic E-state index is 13.9. The minimum atomic E-state index is -0.383. The predicted octanol–water partition coefficient (Wildman–Crippen LogP) is 2.48. The lowest BCUT2D eigenvalue weighted by Gasteiger charge is -2.32. The quantitative estimate of drug-likeness (QED) is 0.815. The Morgan fingerprint density at radius 3 is 2.53 bits per heavy atom. The lowest BCUT2D eigenvalue weighted by molar-refractivity contribution is 0.0849. The van der Waals surface area contributed by atoms with Gasteiger partial charge in [-0.25, -0.2) is 4.39 Å². The largest absolute Gasteiger partial charge is 0.316 e. The highest BCUT2D eigenvalue weighted by Gasteiger charge is 2.31. The molecule has 0 spiro atoms. The Bertz CT molecular complexity index is 429. The Kier molecular flexibility index (Phi) is 3.29. The molecule has 0 saturated carbocycles. The fraction of sp³-hybridized carbons (Fsp3) is 0.500. The molecule has 1 unspecified atom stereocenters. The predicted molar refractivity (Wildman–Crippen MR) is 65.7 cm³/mol. The second-order valence-electron chi connectivity index (χ2n) is 5.01. The van der Waals surface area contributed by atoms with Crippen LogP contribution in [-0.2, 0) is 0 Å². The lowest BCUT2D eigenvalue weighted by atomic mass is 9.82. The van der Waals surface area contributed by atoms with Crippen LogP contribution in [0.5, 0.6) is 0 Å². The van der Waals surface area contributed by atoms with Gasteiger partial charge in [-0.3, -0.25) is 4.79 Å². The number of carbonyl (C=O) groups is 1. The van der Waals surface area contributed by atoms with E-state index in [-0.39, 0.29) is 23.1 Å². The topological polar surface area (TPSA) is 29.1 Å². The third-order valence-corrected chi connectivity index (χ3v) is 3.61. The third-order valence-electron chi connectivity index (χ3n) is 3.61. The molecule has 2 nitrogen and oxygen atoms in total. The molecule has 1 saturated heterocycles. The fourth-order valence-corrected chi connectivity index (χ4v) is 2.33. The van der Waals surface area contributed by atoms with Crippen molar-refractivity contribution in [3.63, 3.8) is 0 Å². The zero-order valence-electron chi connectivity index (χ0n) is 10.5. The van der Waals surface area contributed by atoms with Crippen LogP contribution in [0.4, 0.5) is 4.39 Å². The van der Waals surface area contributed by atoms with Crippen molar-refractivity contribution in [3.05, 3.63) is 34.6 Å². The summed E-state index contributed by atoms with van der Waals surface area (Å²) in [6.07, 6.45) is 0. The number of Topliss-reactive ketones (excluding diaryl/α,β-unsaturated/α-hetero) is 1. The summed E-state index contributed by atoms with van der Waals surface area (Å²) < 4.78 is 13.9. The molecule has 0 bridgehead atoms. The third kappa shape index (κ3) is 2.25. The minimum absolute atomic E-state index is 0.0634. The first-order valence-corrected chi connectivity index (χ1v) is 6.02. The normalized spacial score (nSPS) is 17.6. The minimum Gasteiger partial charge on any atom is -0.316 e. The summed E-state index contributed by atoms with van der Waals surface area (Å²) in [4.78, 5) is 12.3. The number of aryl methyl sites for hydroxylation is 2. The number of halogens is 1. The van der Waals surface area contributed by atoms with Crippen LogP contribution < -0.4 is 5.32 Å². The molecule has 1 aliphatic heterocycles. The summed E-state index contributed by atoms with van der Waals surface area (Å²) >= 11 is 0. The molecule has 92 valence electrons. The van der Waals surface area contributed by atoms with E-state index in [1.54, 1.807) is 6.92 Å². The van der Waals surface area contributed by atoms with Gasteiger partial charge in [-0.15, -0.1) is 0 Å². The van der Waals surface area contributed by atoms with Gasteiger partial charge in [0.05, 0.1) is 5.56 Å². The van der Waals surface area contributed by atoms with Gasteiger partial charge < -0.3 is 5.32 Å². The van der Waals surface area contributed by atoms with E-state index >= 15 is 0 Å². The zero-order chi connectivity index (χ0) is 12.6. The van der Waals surface area contributed by atoms with Crippen molar-refractivity contribution >= 4 is 5.78 Å². The van der Waals surface area contributed by atoms with Gasteiger partial charge in [0.25, 0.3) is 0 Å². The van der Waals surface area contributed by atoms with Gasteiger partial charge in [0.15, 0.2) is 5.78 Å². The Balaban J connectivity index is 2.30. The first-order chi connectivity index (χ1) is 8.00. The van der Waals surface area contributed by atoms with E-state index in [0.29, 0.717) is 5.92 Å². The van der Waals surface area contributed by atoms with E-state index in [2.05, 4.69) is 5.32 Å². The highest BCUT2D eigenvalue weighted by Crippen LogP contribution is 2.25. The van der Waals surface area contributed by atoms with Gasteiger partial charge in [0.1, 0.15) is 5.82 Å². The van der Waals surface area contributed by atoms with Crippen molar-refractivity contribution in [2.45, 2.75) is 20.8 Å². The molecule has 17 heavy (non-hydrogen) atoms. The second-order valence-corrected chi connectivity index (χ2v) is 5.01. The van der Waals surface area contributed by atoms with Crippen LogP contribution in [0.2, 0.25) is 0 Å². The number of rotatable bonds is 3. The van der Waals surface area contributed by atoms with Gasteiger partial charge >= 0.3 is 0 Å². The molecule has 1 heterocycles. The highest BCUT2D eigenvalue weighted by atomic mass is 19.1. The molecule has 1 aromatic carbocycles. The number of carbonyl (C=O) groups excluding carboxylic acids is 1. The van der Waals surface area contributed by atoms with Crippen LogP contribution in [0, 0.1) is 31.5 Å². The van der Waals surface area contributed by atoms with Crippen molar-refractivity contribution in [2.75, 3.05) is 13.1 Å². The van der Waals surface area contributed by atoms with Gasteiger partial charge in [0.2, 0.25) is 0 Å². The average molecular weight is 235 g/mol. The van der Waals surface area contributed by atoms with E-state index in [4.69, 9.17) is 0 Å². The maximum Gasteiger partial charge on any atom is 0.169 e. The van der Waals surface area contributed by atoms with E-state index in [9.17, 15) is 9.18 Å². The van der Waals surface area contributed by atoms with E-state index < -0.39 is 0 Å². The Morgan fingerprint density at radius 1 is 1.41 bits per heavy atom. The molecule has 3 heteroatoms. The van der Waals surface area contributed by atoms with Crippen molar-refractivity contribution < 1.29 is 9.18 Å². The summed E-state index contributed by atoms with van der Waals surface area (Å²) in [6.45, 7) is 7.25. The molecule has 0 aromatic heterocycles. The van der Waals surface area contributed by atoms with Crippen molar-refractivity contribution in [3.8, 4) is 0 Å². The summed E-state index contributed by atoms with van der Waals surface area (Å²) in [7, 11) is 0. The number of hydrogen-bond acceptors (Lipinski definition) is 2. The lowest BCUT2D eigenvalue weighted by Crippen LogP contribution is -2.47. The molecule has 1 fully saturated rings. The van der Waals surface area contributed by atoms with Gasteiger partial charge in [-0.1, -0.05) is 13.0 Å². The molecule has 0 radical (unpaired) electrons. The Labute approximate surface area is 101 Å². The van der Waals surface area contributed by atoms with E-state index in [1.807, 2.05) is 19.9 Å². The first kappa shape index (κ1) is 12.2. The van der Waals surface area contributed by atoms with Crippen LogP contribution >= 0.6 is 0 Å². The summed E-state index contributed by atoms with van der Waals surface area (Å²) in [5, 5.41) is 3.14. The summed E-state index contributed by atoms with van der Waals surface area (Å²) in [5.74, 6) is -0.201. The first-order valence-electron chi connectivity index (χ1n) is 6.02. The van der Waals surface area contributed by atoms with Gasteiger partial charge in [-0.05, 0) is 50.0 Å². The number of ketones is 1.